The lowest BCUT2D eigenvalue weighted by Crippen LogP contribution is -2.30. The maximum atomic E-state index is 13.1. The van der Waals surface area contributed by atoms with E-state index < -0.39 is 0 Å². The molecule has 9 nitrogen and oxygen atoms in total. The molecule has 0 bridgehead atoms. The number of anilines is 1. The summed E-state index contributed by atoms with van der Waals surface area (Å²) in [6, 6.07) is 20.6. The van der Waals surface area contributed by atoms with E-state index in [0.29, 0.717) is 34.6 Å². The zero-order valence-corrected chi connectivity index (χ0v) is 23.8. The van der Waals surface area contributed by atoms with Gasteiger partial charge in [-0.3, -0.25) is 14.2 Å². The van der Waals surface area contributed by atoms with E-state index in [9.17, 15) is 9.59 Å². The predicted molar refractivity (Wildman–Crippen MR) is 153 cm³/mol. The second kappa shape index (κ2) is 11.9. The lowest BCUT2D eigenvalue weighted by molar-refractivity contribution is -0.116. The third-order valence-corrected chi connectivity index (χ3v) is 7.79. The highest BCUT2D eigenvalue weighted by Gasteiger charge is 2.25. The van der Waals surface area contributed by atoms with Gasteiger partial charge < -0.3 is 19.7 Å². The topological polar surface area (TPSA) is 98.6 Å². The largest absolute Gasteiger partial charge is 0.493 e. The van der Waals surface area contributed by atoms with E-state index in [0.717, 1.165) is 22.3 Å². The van der Waals surface area contributed by atoms with Crippen LogP contribution in [0.3, 0.4) is 0 Å². The van der Waals surface area contributed by atoms with Gasteiger partial charge in [-0.1, -0.05) is 45.9 Å². The molecule has 2 amide bonds. The SMILES string of the molecule is COc1ccc(C(=O)NCc2nnc(SCC(=O)N3CCc4ccccc43)n2-c2ccc(Br)cc2)cc1OC. The lowest BCUT2D eigenvalue weighted by atomic mass is 10.2. The van der Waals surface area contributed by atoms with E-state index in [1.54, 1.807) is 25.3 Å². The minimum absolute atomic E-state index is 0.0126. The highest BCUT2D eigenvalue weighted by molar-refractivity contribution is 9.10. The van der Waals surface area contributed by atoms with Crippen molar-refractivity contribution >= 4 is 45.2 Å². The number of nitrogens with one attached hydrogen (secondary N) is 1. The number of rotatable bonds is 9. The molecular weight excluding hydrogens is 582 g/mol. The van der Waals surface area contributed by atoms with Crippen LogP contribution in [0, 0.1) is 0 Å². The van der Waals surface area contributed by atoms with Crippen molar-refractivity contribution in [1.29, 1.82) is 0 Å². The first-order valence-corrected chi connectivity index (χ1v) is 14.0. The van der Waals surface area contributed by atoms with Crippen LogP contribution in [-0.4, -0.2) is 53.1 Å². The zero-order valence-electron chi connectivity index (χ0n) is 21.4. The Balaban J connectivity index is 1.34. The molecule has 0 saturated heterocycles. The van der Waals surface area contributed by atoms with Crippen molar-refractivity contribution in [3.63, 3.8) is 0 Å². The molecule has 0 unspecified atom stereocenters. The van der Waals surface area contributed by atoms with Crippen LogP contribution in [-0.2, 0) is 17.8 Å². The molecule has 2 heterocycles. The summed E-state index contributed by atoms with van der Waals surface area (Å²) in [6.45, 7) is 0.801. The molecule has 0 radical (unpaired) electrons. The normalized spacial score (nSPS) is 12.2. The Kier molecular flexibility index (Phi) is 8.18. The summed E-state index contributed by atoms with van der Waals surface area (Å²) in [5, 5.41) is 12.2. The first-order chi connectivity index (χ1) is 19.0. The predicted octanol–water partition coefficient (Wildman–Crippen LogP) is 4.66. The van der Waals surface area contributed by atoms with Crippen molar-refractivity contribution in [2.75, 3.05) is 31.4 Å². The zero-order chi connectivity index (χ0) is 27.4. The molecule has 1 aromatic heterocycles. The van der Waals surface area contributed by atoms with Crippen LogP contribution in [0.25, 0.3) is 5.69 Å². The summed E-state index contributed by atoms with van der Waals surface area (Å²) >= 11 is 4.79. The molecule has 1 aliphatic heterocycles. The molecule has 4 aromatic rings. The Morgan fingerprint density at radius 2 is 1.77 bits per heavy atom. The van der Waals surface area contributed by atoms with Gasteiger partial charge in [-0.05, 0) is 60.5 Å². The molecular formula is C28H26BrN5O4S. The van der Waals surface area contributed by atoms with Crippen molar-refractivity contribution in [3.8, 4) is 17.2 Å². The first-order valence-electron chi connectivity index (χ1n) is 12.2. The van der Waals surface area contributed by atoms with Crippen molar-refractivity contribution < 1.29 is 19.1 Å². The maximum Gasteiger partial charge on any atom is 0.251 e. The van der Waals surface area contributed by atoms with Crippen LogP contribution in [0.15, 0.2) is 76.4 Å². The van der Waals surface area contributed by atoms with Crippen molar-refractivity contribution in [3.05, 3.63) is 88.2 Å². The molecule has 0 spiro atoms. The second-order valence-electron chi connectivity index (χ2n) is 8.68. The fourth-order valence-electron chi connectivity index (χ4n) is 4.40. The summed E-state index contributed by atoms with van der Waals surface area (Å²) in [5.41, 5.74) is 3.39. The Morgan fingerprint density at radius 3 is 2.54 bits per heavy atom. The molecule has 0 fully saturated rings. The molecule has 200 valence electrons. The average Bonchev–Trinajstić information content (AvgIpc) is 3.59. The Morgan fingerprint density at radius 1 is 1.00 bits per heavy atom. The van der Waals surface area contributed by atoms with Crippen LogP contribution < -0.4 is 19.7 Å². The average molecular weight is 609 g/mol. The maximum absolute atomic E-state index is 13.1. The number of carbonyl (C=O) groups is 2. The summed E-state index contributed by atoms with van der Waals surface area (Å²) in [7, 11) is 3.06. The van der Waals surface area contributed by atoms with Crippen molar-refractivity contribution in [2.45, 2.75) is 18.1 Å². The highest BCUT2D eigenvalue weighted by Crippen LogP contribution is 2.30. The third kappa shape index (κ3) is 5.79. The highest BCUT2D eigenvalue weighted by atomic mass is 79.9. The van der Waals surface area contributed by atoms with E-state index in [2.05, 4.69) is 37.5 Å². The summed E-state index contributed by atoms with van der Waals surface area (Å²) < 4.78 is 13.4. The van der Waals surface area contributed by atoms with Gasteiger partial charge in [-0.25, -0.2) is 0 Å². The number of halogens is 1. The van der Waals surface area contributed by atoms with Gasteiger partial charge in [0.05, 0.1) is 26.5 Å². The molecule has 0 saturated carbocycles. The number of fused-ring (bicyclic) bond motifs is 1. The van der Waals surface area contributed by atoms with Gasteiger partial charge in [0, 0.05) is 28.0 Å². The number of benzene rings is 3. The lowest BCUT2D eigenvalue weighted by Gasteiger charge is -2.17. The van der Waals surface area contributed by atoms with E-state index in [-0.39, 0.29) is 24.1 Å². The molecule has 5 rings (SSSR count). The minimum Gasteiger partial charge on any atom is -0.493 e. The molecule has 0 atom stereocenters. The molecule has 3 aromatic carbocycles. The number of para-hydroxylation sites is 1. The van der Waals surface area contributed by atoms with Crippen molar-refractivity contribution in [2.24, 2.45) is 0 Å². The van der Waals surface area contributed by atoms with E-state index >= 15 is 0 Å². The monoisotopic (exact) mass is 607 g/mol. The van der Waals surface area contributed by atoms with Gasteiger partial charge in [0.15, 0.2) is 22.5 Å². The third-order valence-electron chi connectivity index (χ3n) is 6.35. The molecule has 11 heteroatoms. The van der Waals surface area contributed by atoms with Crippen LogP contribution in [0.5, 0.6) is 11.5 Å². The van der Waals surface area contributed by atoms with Gasteiger partial charge in [0.2, 0.25) is 5.91 Å². The van der Waals surface area contributed by atoms with Crippen LogP contribution in [0.4, 0.5) is 5.69 Å². The number of hydrogen-bond donors (Lipinski definition) is 1. The number of aromatic nitrogens is 3. The van der Waals surface area contributed by atoms with Gasteiger partial charge in [0.1, 0.15) is 0 Å². The van der Waals surface area contributed by atoms with Gasteiger partial charge in [-0.2, -0.15) is 0 Å². The van der Waals surface area contributed by atoms with E-state index in [1.807, 2.05) is 51.9 Å². The number of carbonyl (C=O) groups excluding carboxylic acids is 2. The standard InChI is InChI=1S/C28H26BrN5O4S/c1-37-23-12-7-19(15-24(23)38-2)27(36)30-16-25-31-32-28(34(25)21-10-8-20(29)9-11-21)39-17-26(35)33-14-13-18-5-3-4-6-22(18)33/h3-12,15H,13-14,16-17H2,1-2H3,(H,30,36). The van der Waals surface area contributed by atoms with Crippen molar-refractivity contribution in [1.82, 2.24) is 20.1 Å². The summed E-state index contributed by atoms with van der Waals surface area (Å²) in [6.07, 6.45) is 0.853. The first kappa shape index (κ1) is 26.8. The quantitative estimate of drug-likeness (QED) is 0.276. The Hall–Kier alpha value is -3.83. The summed E-state index contributed by atoms with van der Waals surface area (Å²) in [4.78, 5) is 27.9. The minimum atomic E-state index is -0.293. The number of nitrogens with zero attached hydrogens (tertiary/aromatic N) is 4. The number of amides is 2. The summed E-state index contributed by atoms with van der Waals surface area (Å²) in [5.74, 6) is 1.47. The molecule has 1 N–H and O–H groups in total. The van der Waals surface area contributed by atoms with E-state index in [1.165, 1.54) is 24.4 Å². The van der Waals surface area contributed by atoms with E-state index in [4.69, 9.17) is 9.47 Å². The Labute approximate surface area is 238 Å². The Bertz CT molecular complexity index is 1510. The van der Waals surface area contributed by atoms with Gasteiger partial charge >= 0.3 is 0 Å². The number of ether oxygens (including phenoxy) is 2. The molecule has 39 heavy (non-hydrogen) atoms. The number of hydrogen-bond acceptors (Lipinski definition) is 7. The van der Waals surface area contributed by atoms with Crippen LogP contribution in [0.2, 0.25) is 0 Å². The van der Waals surface area contributed by atoms with Gasteiger partial charge in [0.25, 0.3) is 5.91 Å². The fraction of sp³-hybridized carbons (Fsp3) is 0.214. The number of methoxy groups -OCH3 is 2. The smallest absolute Gasteiger partial charge is 0.251 e. The van der Waals surface area contributed by atoms with Crippen LogP contribution >= 0.6 is 27.7 Å². The van der Waals surface area contributed by atoms with Crippen LogP contribution in [0.1, 0.15) is 21.7 Å². The molecule has 1 aliphatic rings. The fourth-order valence-corrected chi connectivity index (χ4v) is 5.51. The molecule has 0 aliphatic carbocycles. The second-order valence-corrected chi connectivity index (χ2v) is 10.5. The number of thioether (sulfide) groups is 1. The van der Waals surface area contributed by atoms with Gasteiger partial charge in [-0.15, -0.1) is 10.2 Å².